The van der Waals surface area contributed by atoms with Crippen LogP contribution in [-0.2, 0) is 0 Å². The summed E-state index contributed by atoms with van der Waals surface area (Å²) < 4.78 is 27.4. The van der Waals surface area contributed by atoms with E-state index < -0.39 is 11.6 Å². The summed E-state index contributed by atoms with van der Waals surface area (Å²) in [6.07, 6.45) is 7.10. The van der Waals surface area contributed by atoms with Crippen LogP contribution in [0.3, 0.4) is 0 Å². The summed E-state index contributed by atoms with van der Waals surface area (Å²) in [6, 6.07) is 3.06. The van der Waals surface area contributed by atoms with Crippen LogP contribution in [-0.4, -0.2) is 6.54 Å². The molecule has 1 fully saturated rings. The Kier molecular flexibility index (Phi) is 5.97. The number of halogens is 3. The minimum absolute atomic E-state index is 0.111. The zero-order valence-corrected chi connectivity index (χ0v) is 13.5. The molecule has 1 aliphatic carbocycles. The van der Waals surface area contributed by atoms with Crippen LogP contribution >= 0.6 is 15.9 Å². The van der Waals surface area contributed by atoms with Gasteiger partial charge in [0.2, 0.25) is 0 Å². The molecule has 1 aromatic carbocycles. The maximum atomic E-state index is 13.8. The largest absolute Gasteiger partial charge is 0.310 e. The minimum atomic E-state index is -0.793. The molecule has 1 aliphatic rings. The van der Waals surface area contributed by atoms with E-state index in [-0.39, 0.29) is 10.5 Å². The minimum Gasteiger partial charge on any atom is -0.310 e. The Morgan fingerprint density at radius 1 is 1.25 bits per heavy atom. The summed E-state index contributed by atoms with van der Waals surface area (Å²) in [5.41, 5.74) is 0.851. The number of rotatable bonds is 5. The molecule has 1 saturated carbocycles. The zero-order valence-electron chi connectivity index (χ0n) is 11.9. The standard InChI is InChI=1S/C16H22BrF2N/c1-2-10-20-16(11-6-4-3-5-7-11)12-8-9-13(18)15(19)14(12)17/h8-9,11,16,20H,2-7,10H2,1H3. The summed E-state index contributed by atoms with van der Waals surface area (Å²) in [5, 5.41) is 3.52. The van der Waals surface area contributed by atoms with E-state index in [1.165, 1.54) is 25.3 Å². The SMILES string of the molecule is CCCNC(c1ccc(F)c(F)c1Br)C1CCCCC1. The molecule has 4 heteroatoms. The molecule has 1 unspecified atom stereocenters. The van der Waals surface area contributed by atoms with Crippen molar-refractivity contribution in [3.05, 3.63) is 33.8 Å². The van der Waals surface area contributed by atoms with Gasteiger partial charge in [-0.2, -0.15) is 0 Å². The van der Waals surface area contributed by atoms with Gasteiger partial charge in [0.15, 0.2) is 11.6 Å². The molecular formula is C16H22BrF2N. The van der Waals surface area contributed by atoms with Crippen LogP contribution in [0.5, 0.6) is 0 Å². The second-order valence-corrected chi connectivity index (χ2v) is 6.39. The van der Waals surface area contributed by atoms with Crippen molar-refractivity contribution in [1.82, 2.24) is 5.32 Å². The second kappa shape index (κ2) is 7.51. The van der Waals surface area contributed by atoms with Gasteiger partial charge in [-0.05, 0) is 59.3 Å². The predicted molar refractivity (Wildman–Crippen MR) is 81.7 cm³/mol. The Labute approximate surface area is 128 Å². The Morgan fingerprint density at radius 2 is 1.95 bits per heavy atom. The molecule has 0 amide bonds. The highest BCUT2D eigenvalue weighted by atomic mass is 79.9. The predicted octanol–water partition coefficient (Wildman–Crippen LogP) is 5.35. The smallest absolute Gasteiger partial charge is 0.173 e. The molecular weight excluding hydrogens is 324 g/mol. The Morgan fingerprint density at radius 3 is 2.60 bits per heavy atom. The van der Waals surface area contributed by atoms with E-state index in [1.54, 1.807) is 6.07 Å². The summed E-state index contributed by atoms with van der Waals surface area (Å²) in [7, 11) is 0. The maximum absolute atomic E-state index is 13.8. The lowest BCUT2D eigenvalue weighted by molar-refractivity contribution is 0.270. The monoisotopic (exact) mass is 345 g/mol. The van der Waals surface area contributed by atoms with Crippen LogP contribution in [0, 0.1) is 17.6 Å². The van der Waals surface area contributed by atoms with E-state index in [4.69, 9.17) is 0 Å². The zero-order chi connectivity index (χ0) is 14.5. The highest BCUT2D eigenvalue weighted by Crippen LogP contribution is 2.38. The van der Waals surface area contributed by atoms with E-state index in [2.05, 4.69) is 28.2 Å². The fraction of sp³-hybridized carbons (Fsp3) is 0.625. The third kappa shape index (κ3) is 3.59. The molecule has 0 saturated heterocycles. The van der Waals surface area contributed by atoms with E-state index in [0.29, 0.717) is 5.92 Å². The van der Waals surface area contributed by atoms with Gasteiger partial charge in [0.05, 0.1) is 4.47 Å². The third-order valence-electron chi connectivity index (χ3n) is 4.14. The average Bonchev–Trinajstić information content (AvgIpc) is 2.48. The molecule has 0 heterocycles. The molecule has 0 bridgehead atoms. The molecule has 1 nitrogen and oxygen atoms in total. The van der Waals surface area contributed by atoms with Gasteiger partial charge in [-0.25, -0.2) is 8.78 Å². The van der Waals surface area contributed by atoms with Crippen molar-refractivity contribution in [1.29, 1.82) is 0 Å². The topological polar surface area (TPSA) is 12.0 Å². The van der Waals surface area contributed by atoms with Gasteiger partial charge < -0.3 is 5.32 Å². The van der Waals surface area contributed by atoms with E-state index in [1.807, 2.05) is 0 Å². The lowest BCUT2D eigenvalue weighted by Gasteiger charge is -2.32. The molecule has 0 spiro atoms. The number of hydrogen-bond acceptors (Lipinski definition) is 1. The first-order valence-corrected chi connectivity index (χ1v) is 8.31. The van der Waals surface area contributed by atoms with E-state index >= 15 is 0 Å². The summed E-state index contributed by atoms with van der Waals surface area (Å²) in [4.78, 5) is 0. The first-order valence-electron chi connectivity index (χ1n) is 7.52. The van der Waals surface area contributed by atoms with Gasteiger partial charge in [0.1, 0.15) is 0 Å². The first-order chi connectivity index (χ1) is 9.65. The molecule has 1 atom stereocenters. The third-order valence-corrected chi connectivity index (χ3v) is 4.94. The molecule has 112 valence electrons. The van der Waals surface area contributed by atoms with Crippen LogP contribution in [0.25, 0.3) is 0 Å². The number of benzene rings is 1. The van der Waals surface area contributed by atoms with Gasteiger partial charge in [0.25, 0.3) is 0 Å². The van der Waals surface area contributed by atoms with Crippen LogP contribution < -0.4 is 5.32 Å². The highest BCUT2D eigenvalue weighted by Gasteiger charge is 2.27. The summed E-state index contributed by atoms with van der Waals surface area (Å²) in [6.45, 7) is 3.01. The Balaban J connectivity index is 2.27. The highest BCUT2D eigenvalue weighted by molar-refractivity contribution is 9.10. The Hall–Kier alpha value is -0.480. The quantitative estimate of drug-likeness (QED) is 0.709. The molecule has 0 radical (unpaired) electrons. The summed E-state index contributed by atoms with van der Waals surface area (Å²) >= 11 is 3.24. The van der Waals surface area contributed by atoms with Crippen molar-refractivity contribution in [3.8, 4) is 0 Å². The van der Waals surface area contributed by atoms with Crippen molar-refractivity contribution < 1.29 is 8.78 Å². The molecule has 1 N–H and O–H groups in total. The molecule has 1 aromatic rings. The lowest BCUT2D eigenvalue weighted by atomic mass is 9.81. The van der Waals surface area contributed by atoms with Crippen molar-refractivity contribution in [2.75, 3.05) is 6.54 Å². The molecule has 2 rings (SSSR count). The average molecular weight is 346 g/mol. The second-order valence-electron chi connectivity index (χ2n) is 5.59. The normalized spacial score (nSPS) is 18.2. The van der Waals surface area contributed by atoms with Crippen LogP contribution in [0.1, 0.15) is 57.1 Å². The lowest BCUT2D eigenvalue weighted by Crippen LogP contribution is -2.30. The van der Waals surface area contributed by atoms with E-state index in [0.717, 1.165) is 31.4 Å². The number of nitrogens with one attached hydrogen (secondary N) is 1. The van der Waals surface area contributed by atoms with Crippen molar-refractivity contribution in [2.24, 2.45) is 5.92 Å². The Bertz CT molecular complexity index is 444. The van der Waals surface area contributed by atoms with Gasteiger partial charge in [-0.3, -0.25) is 0 Å². The number of hydrogen-bond donors (Lipinski definition) is 1. The summed E-state index contributed by atoms with van der Waals surface area (Å²) in [5.74, 6) is -1.06. The van der Waals surface area contributed by atoms with Crippen molar-refractivity contribution in [3.63, 3.8) is 0 Å². The first kappa shape index (κ1) is 15.9. The van der Waals surface area contributed by atoms with Gasteiger partial charge >= 0.3 is 0 Å². The van der Waals surface area contributed by atoms with E-state index in [9.17, 15) is 8.78 Å². The van der Waals surface area contributed by atoms with Gasteiger partial charge in [-0.1, -0.05) is 32.3 Å². The van der Waals surface area contributed by atoms with Crippen LogP contribution in [0.2, 0.25) is 0 Å². The van der Waals surface area contributed by atoms with Crippen LogP contribution in [0.15, 0.2) is 16.6 Å². The fourth-order valence-electron chi connectivity index (χ4n) is 3.08. The maximum Gasteiger partial charge on any atom is 0.173 e. The molecule has 0 aromatic heterocycles. The fourth-order valence-corrected chi connectivity index (χ4v) is 3.65. The van der Waals surface area contributed by atoms with Gasteiger partial charge in [-0.15, -0.1) is 0 Å². The van der Waals surface area contributed by atoms with Crippen LogP contribution in [0.4, 0.5) is 8.78 Å². The molecule has 0 aliphatic heterocycles. The van der Waals surface area contributed by atoms with Gasteiger partial charge in [0, 0.05) is 6.04 Å². The van der Waals surface area contributed by atoms with Crippen molar-refractivity contribution in [2.45, 2.75) is 51.5 Å². The molecule has 20 heavy (non-hydrogen) atoms. The van der Waals surface area contributed by atoms with Crippen molar-refractivity contribution >= 4 is 15.9 Å².